The van der Waals surface area contributed by atoms with E-state index in [1.165, 1.54) is 18.4 Å². The van der Waals surface area contributed by atoms with Crippen molar-refractivity contribution < 1.29 is 0 Å². The van der Waals surface area contributed by atoms with Crippen molar-refractivity contribution in [2.75, 3.05) is 17.2 Å². The highest BCUT2D eigenvalue weighted by molar-refractivity contribution is 5.59. The number of hydrogen-bond donors (Lipinski definition) is 2. The molecule has 2 aromatic rings. The van der Waals surface area contributed by atoms with Crippen LogP contribution in [0, 0.1) is 0 Å². The number of hydrogen-bond acceptors (Lipinski definition) is 5. The van der Waals surface area contributed by atoms with E-state index in [1.807, 2.05) is 18.2 Å². The van der Waals surface area contributed by atoms with Gasteiger partial charge < -0.3 is 10.6 Å². The molecule has 0 unspecified atom stereocenters. The average Bonchev–Trinajstić information content (AvgIpc) is 2.52. The first kappa shape index (κ1) is 16.2. The van der Waals surface area contributed by atoms with Crippen molar-refractivity contribution in [2.45, 2.75) is 46.0 Å². The summed E-state index contributed by atoms with van der Waals surface area (Å²) in [5, 5.41) is 14.6. The molecule has 0 aliphatic heterocycles. The Hall–Kier alpha value is -2.17. The predicted octanol–water partition coefficient (Wildman–Crippen LogP) is 4.34. The molecule has 5 nitrogen and oxygen atoms in total. The van der Waals surface area contributed by atoms with Gasteiger partial charge in [0.2, 0.25) is 5.95 Å². The number of unbranched alkanes of at least 4 members (excludes halogenated alkanes) is 2. The molecule has 0 atom stereocenters. The zero-order chi connectivity index (χ0) is 15.8. The predicted molar refractivity (Wildman–Crippen MR) is 91.7 cm³/mol. The Morgan fingerprint density at radius 1 is 1.14 bits per heavy atom. The fourth-order valence-electron chi connectivity index (χ4n) is 2.27. The Morgan fingerprint density at radius 3 is 2.73 bits per heavy atom. The van der Waals surface area contributed by atoms with Crippen LogP contribution in [0.1, 0.15) is 51.5 Å². The molecule has 0 aliphatic rings. The molecule has 0 spiro atoms. The number of para-hydroxylation sites is 1. The third-order valence-electron chi connectivity index (χ3n) is 3.47. The average molecular weight is 299 g/mol. The van der Waals surface area contributed by atoms with Gasteiger partial charge in [-0.1, -0.05) is 51.8 Å². The largest absolute Gasteiger partial charge is 0.369 e. The summed E-state index contributed by atoms with van der Waals surface area (Å²) in [6.45, 7) is 7.45. The summed E-state index contributed by atoms with van der Waals surface area (Å²) in [4.78, 5) is 4.47. The third kappa shape index (κ3) is 4.69. The minimum Gasteiger partial charge on any atom is -0.369 e. The normalized spacial score (nSPS) is 10.7. The molecule has 0 fully saturated rings. The van der Waals surface area contributed by atoms with E-state index >= 15 is 0 Å². The van der Waals surface area contributed by atoms with E-state index in [2.05, 4.69) is 52.7 Å². The van der Waals surface area contributed by atoms with Crippen molar-refractivity contribution in [3.8, 4) is 0 Å². The van der Waals surface area contributed by atoms with E-state index < -0.39 is 0 Å². The fraction of sp³-hybridized carbons (Fsp3) is 0.471. The van der Waals surface area contributed by atoms with E-state index in [9.17, 15) is 0 Å². The summed E-state index contributed by atoms with van der Waals surface area (Å²) in [6, 6.07) is 8.22. The van der Waals surface area contributed by atoms with Gasteiger partial charge in [-0.3, -0.25) is 0 Å². The standard InChI is InChI=1S/C17H25N5/c1-4-5-8-11-18-16-12-19-22-17(21-16)20-15-10-7-6-9-14(15)13(2)3/h6-7,9-10,12-13H,4-5,8,11H2,1-3H3,(H2,18,20,21,22). The van der Waals surface area contributed by atoms with Crippen LogP contribution >= 0.6 is 0 Å². The zero-order valence-electron chi connectivity index (χ0n) is 13.6. The Morgan fingerprint density at radius 2 is 1.95 bits per heavy atom. The summed E-state index contributed by atoms with van der Waals surface area (Å²) in [6.07, 6.45) is 5.23. The molecule has 1 aromatic heterocycles. The quantitative estimate of drug-likeness (QED) is 0.710. The molecule has 0 saturated heterocycles. The molecule has 1 heterocycles. The van der Waals surface area contributed by atoms with Crippen molar-refractivity contribution in [1.82, 2.24) is 15.2 Å². The molecule has 2 N–H and O–H groups in total. The van der Waals surface area contributed by atoms with Crippen molar-refractivity contribution in [3.63, 3.8) is 0 Å². The lowest BCUT2D eigenvalue weighted by Gasteiger charge is -2.13. The maximum Gasteiger partial charge on any atom is 0.249 e. The molecule has 2 rings (SSSR count). The monoisotopic (exact) mass is 299 g/mol. The summed E-state index contributed by atoms with van der Waals surface area (Å²) in [7, 11) is 0. The molecule has 0 saturated carbocycles. The van der Waals surface area contributed by atoms with Gasteiger partial charge in [0.25, 0.3) is 0 Å². The van der Waals surface area contributed by atoms with Crippen LogP contribution in [0.2, 0.25) is 0 Å². The lowest BCUT2D eigenvalue weighted by molar-refractivity contribution is 0.741. The molecular formula is C17H25N5. The molecule has 0 bridgehead atoms. The van der Waals surface area contributed by atoms with Crippen LogP contribution < -0.4 is 10.6 Å². The second kappa shape index (κ2) is 8.32. The summed E-state index contributed by atoms with van der Waals surface area (Å²) < 4.78 is 0. The number of aromatic nitrogens is 3. The van der Waals surface area contributed by atoms with E-state index in [0.29, 0.717) is 11.9 Å². The zero-order valence-corrected chi connectivity index (χ0v) is 13.6. The van der Waals surface area contributed by atoms with Gasteiger partial charge in [-0.15, -0.1) is 5.10 Å². The highest BCUT2D eigenvalue weighted by Gasteiger charge is 2.08. The second-order valence-corrected chi connectivity index (χ2v) is 5.67. The van der Waals surface area contributed by atoms with Crippen molar-refractivity contribution in [3.05, 3.63) is 36.0 Å². The SMILES string of the molecule is CCCCCNc1cnnc(Nc2ccccc2C(C)C)n1. The third-order valence-corrected chi connectivity index (χ3v) is 3.47. The fourth-order valence-corrected chi connectivity index (χ4v) is 2.27. The molecule has 0 aliphatic carbocycles. The first-order chi connectivity index (χ1) is 10.7. The summed E-state index contributed by atoms with van der Waals surface area (Å²) >= 11 is 0. The van der Waals surface area contributed by atoms with Gasteiger partial charge in [0.15, 0.2) is 5.82 Å². The smallest absolute Gasteiger partial charge is 0.249 e. The summed E-state index contributed by atoms with van der Waals surface area (Å²) in [5.74, 6) is 1.72. The highest BCUT2D eigenvalue weighted by Crippen LogP contribution is 2.25. The van der Waals surface area contributed by atoms with Crippen molar-refractivity contribution >= 4 is 17.5 Å². The van der Waals surface area contributed by atoms with Crippen LogP contribution in [0.4, 0.5) is 17.5 Å². The Bertz CT molecular complexity index is 583. The first-order valence-corrected chi connectivity index (χ1v) is 8.00. The maximum absolute atomic E-state index is 4.47. The molecule has 5 heteroatoms. The number of anilines is 3. The number of rotatable bonds is 8. The van der Waals surface area contributed by atoms with Gasteiger partial charge in [-0.05, 0) is 24.0 Å². The number of benzene rings is 1. The van der Waals surface area contributed by atoms with Gasteiger partial charge in [0.05, 0.1) is 6.20 Å². The molecule has 118 valence electrons. The maximum atomic E-state index is 4.47. The van der Waals surface area contributed by atoms with Crippen molar-refractivity contribution in [1.29, 1.82) is 0 Å². The molecular weight excluding hydrogens is 274 g/mol. The minimum atomic E-state index is 0.437. The van der Waals surface area contributed by atoms with Gasteiger partial charge in [0, 0.05) is 12.2 Å². The van der Waals surface area contributed by atoms with Crippen LogP contribution in [0.3, 0.4) is 0 Å². The number of nitrogens with zero attached hydrogens (tertiary/aromatic N) is 3. The number of nitrogens with one attached hydrogen (secondary N) is 2. The lowest BCUT2D eigenvalue weighted by atomic mass is 10.0. The first-order valence-electron chi connectivity index (χ1n) is 8.00. The van der Waals surface area contributed by atoms with E-state index in [0.717, 1.165) is 24.5 Å². The Balaban J connectivity index is 2.04. The molecule has 22 heavy (non-hydrogen) atoms. The highest BCUT2D eigenvalue weighted by atomic mass is 15.3. The van der Waals surface area contributed by atoms with Gasteiger partial charge in [-0.2, -0.15) is 10.1 Å². The molecule has 0 radical (unpaired) electrons. The van der Waals surface area contributed by atoms with Crippen LogP contribution in [0.5, 0.6) is 0 Å². The van der Waals surface area contributed by atoms with Crippen LogP contribution in [0.25, 0.3) is 0 Å². The minimum absolute atomic E-state index is 0.437. The van der Waals surface area contributed by atoms with E-state index in [1.54, 1.807) is 6.20 Å². The van der Waals surface area contributed by atoms with Crippen molar-refractivity contribution in [2.24, 2.45) is 0 Å². The van der Waals surface area contributed by atoms with Gasteiger partial charge >= 0.3 is 0 Å². The van der Waals surface area contributed by atoms with Crippen LogP contribution in [-0.2, 0) is 0 Å². The van der Waals surface area contributed by atoms with Crippen LogP contribution in [-0.4, -0.2) is 21.7 Å². The Labute approximate surface area is 132 Å². The molecule has 1 aromatic carbocycles. The summed E-state index contributed by atoms with van der Waals surface area (Å²) in [5.41, 5.74) is 2.27. The Kier molecular flexibility index (Phi) is 6.13. The molecule has 0 amide bonds. The van der Waals surface area contributed by atoms with E-state index in [4.69, 9.17) is 0 Å². The lowest BCUT2D eigenvalue weighted by Crippen LogP contribution is -2.07. The van der Waals surface area contributed by atoms with E-state index in [-0.39, 0.29) is 0 Å². The topological polar surface area (TPSA) is 62.7 Å². The van der Waals surface area contributed by atoms with Gasteiger partial charge in [0.1, 0.15) is 0 Å². The van der Waals surface area contributed by atoms with Gasteiger partial charge in [-0.25, -0.2) is 0 Å². The second-order valence-electron chi connectivity index (χ2n) is 5.67. The van der Waals surface area contributed by atoms with Crippen LogP contribution in [0.15, 0.2) is 30.5 Å².